The highest BCUT2D eigenvalue weighted by molar-refractivity contribution is 5.28. The van der Waals surface area contributed by atoms with Gasteiger partial charge in [-0.05, 0) is 49.9 Å². The summed E-state index contributed by atoms with van der Waals surface area (Å²) in [6.45, 7) is 4.08. The van der Waals surface area contributed by atoms with Gasteiger partial charge in [0.15, 0.2) is 0 Å². The van der Waals surface area contributed by atoms with Crippen molar-refractivity contribution in [2.45, 2.75) is 38.2 Å². The predicted octanol–water partition coefficient (Wildman–Crippen LogP) is 2.21. The third-order valence-corrected chi connectivity index (χ3v) is 3.53. The molecule has 0 saturated carbocycles. The lowest BCUT2D eigenvalue weighted by Crippen LogP contribution is -2.27. The van der Waals surface area contributed by atoms with Gasteiger partial charge in [0, 0.05) is 0 Å². The second kappa shape index (κ2) is 4.98. The molecule has 0 radical (unpaired) electrons. The fourth-order valence-corrected chi connectivity index (χ4v) is 2.42. The van der Waals surface area contributed by atoms with Gasteiger partial charge in [-0.25, -0.2) is 0 Å². The zero-order valence-corrected chi connectivity index (χ0v) is 10.00. The van der Waals surface area contributed by atoms with Crippen LogP contribution in [0.2, 0.25) is 0 Å². The Morgan fingerprint density at radius 3 is 3.00 bits per heavy atom. The maximum absolute atomic E-state index is 10.7. The summed E-state index contributed by atoms with van der Waals surface area (Å²) in [5.74, 6) is 0. The first-order valence-corrected chi connectivity index (χ1v) is 6.27. The van der Waals surface area contributed by atoms with Crippen molar-refractivity contribution in [2.24, 2.45) is 0 Å². The minimum absolute atomic E-state index is 0.616. The monoisotopic (exact) mass is 219 g/mol. The van der Waals surface area contributed by atoms with E-state index < -0.39 is 5.60 Å². The molecule has 0 spiro atoms. The van der Waals surface area contributed by atoms with Crippen LogP contribution < -0.4 is 5.32 Å². The molecule has 1 atom stereocenters. The first kappa shape index (κ1) is 11.6. The van der Waals surface area contributed by atoms with Gasteiger partial charge in [0.05, 0.1) is 5.60 Å². The Hall–Kier alpha value is -0.860. The topological polar surface area (TPSA) is 32.3 Å². The van der Waals surface area contributed by atoms with E-state index in [9.17, 15) is 5.11 Å². The van der Waals surface area contributed by atoms with E-state index in [-0.39, 0.29) is 0 Å². The van der Waals surface area contributed by atoms with E-state index in [1.807, 2.05) is 0 Å². The minimum atomic E-state index is -0.616. The van der Waals surface area contributed by atoms with Crippen LogP contribution in [0, 0.1) is 0 Å². The van der Waals surface area contributed by atoms with E-state index in [2.05, 4.69) is 36.5 Å². The lowest BCUT2D eigenvalue weighted by Gasteiger charge is -2.27. The van der Waals surface area contributed by atoms with E-state index in [1.54, 1.807) is 0 Å². The summed E-state index contributed by atoms with van der Waals surface area (Å²) in [6.07, 6.45) is 3.77. The molecule has 16 heavy (non-hydrogen) atoms. The molecule has 1 unspecified atom stereocenters. The molecule has 1 aromatic carbocycles. The van der Waals surface area contributed by atoms with Gasteiger partial charge in [-0.1, -0.05) is 31.2 Å². The van der Waals surface area contributed by atoms with Crippen molar-refractivity contribution in [1.29, 1.82) is 0 Å². The number of hydrogen-bond donors (Lipinski definition) is 2. The SMILES string of the molecule is CCc1cccc(C2(O)CCCNCC2)c1. The Morgan fingerprint density at radius 1 is 1.31 bits per heavy atom. The molecule has 0 amide bonds. The average molecular weight is 219 g/mol. The zero-order chi connectivity index (χ0) is 11.4. The van der Waals surface area contributed by atoms with Crippen LogP contribution in [0.4, 0.5) is 0 Å². The number of aliphatic hydroxyl groups is 1. The first-order valence-electron chi connectivity index (χ1n) is 6.27. The number of nitrogens with one attached hydrogen (secondary N) is 1. The first-order chi connectivity index (χ1) is 7.74. The Morgan fingerprint density at radius 2 is 2.19 bits per heavy atom. The largest absolute Gasteiger partial charge is 0.385 e. The summed E-state index contributed by atoms with van der Waals surface area (Å²) in [5.41, 5.74) is 1.79. The summed E-state index contributed by atoms with van der Waals surface area (Å²) in [4.78, 5) is 0. The van der Waals surface area contributed by atoms with Gasteiger partial charge in [-0.2, -0.15) is 0 Å². The average Bonchev–Trinajstić information content (AvgIpc) is 2.55. The number of hydrogen-bond acceptors (Lipinski definition) is 2. The molecular formula is C14H21NO. The molecule has 1 aliphatic heterocycles. The fourth-order valence-electron chi connectivity index (χ4n) is 2.42. The Bertz CT molecular complexity index is 340. The van der Waals surface area contributed by atoms with Crippen LogP contribution in [-0.2, 0) is 12.0 Å². The summed E-state index contributed by atoms with van der Waals surface area (Å²) in [6, 6.07) is 8.40. The van der Waals surface area contributed by atoms with E-state index in [0.717, 1.165) is 44.3 Å². The van der Waals surface area contributed by atoms with Crippen molar-refractivity contribution in [3.8, 4) is 0 Å². The third-order valence-electron chi connectivity index (χ3n) is 3.53. The molecule has 2 nitrogen and oxygen atoms in total. The van der Waals surface area contributed by atoms with Crippen LogP contribution in [0.5, 0.6) is 0 Å². The van der Waals surface area contributed by atoms with Crippen molar-refractivity contribution >= 4 is 0 Å². The second-order valence-corrected chi connectivity index (χ2v) is 4.69. The molecule has 88 valence electrons. The second-order valence-electron chi connectivity index (χ2n) is 4.69. The van der Waals surface area contributed by atoms with Crippen LogP contribution in [0.3, 0.4) is 0 Å². The molecule has 1 saturated heterocycles. The highest BCUT2D eigenvalue weighted by Crippen LogP contribution is 2.31. The van der Waals surface area contributed by atoms with Gasteiger partial charge in [-0.15, -0.1) is 0 Å². The van der Waals surface area contributed by atoms with Gasteiger partial charge in [0.2, 0.25) is 0 Å². The van der Waals surface area contributed by atoms with Crippen LogP contribution in [-0.4, -0.2) is 18.2 Å². The van der Waals surface area contributed by atoms with Crippen molar-refractivity contribution < 1.29 is 5.11 Å². The molecule has 2 rings (SSSR count). The zero-order valence-electron chi connectivity index (χ0n) is 10.00. The lowest BCUT2D eigenvalue weighted by atomic mass is 9.86. The van der Waals surface area contributed by atoms with Gasteiger partial charge in [0.1, 0.15) is 0 Å². The summed E-state index contributed by atoms with van der Waals surface area (Å²) >= 11 is 0. The molecule has 2 heteroatoms. The summed E-state index contributed by atoms with van der Waals surface area (Å²) < 4.78 is 0. The van der Waals surface area contributed by atoms with Gasteiger partial charge >= 0.3 is 0 Å². The van der Waals surface area contributed by atoms with Gasteiger partial charge < -0.3 is 10.4 Å². The highest BCUT2D eigenvalue weighted by Gasteiger charge is 2.29. The van der Waals surface area contributed by atoms with Crippen molar-refractivity contribution in [3.63, 3.8) is 0 Å². The van der Waals surface area contributed by atoms with Crippen LogP contribution >= 0.6 is 0 Å². The smallest absolute Gasteiger partial charge is 0.0909 e. The summed E-state index contributed by atoms with van der Waals surface area (Å²) in [7, 11) is 0. The van der Waals surface area contributed by atoms with E-state index >= 15 is 0 Å². The molecular weight excluding hydrogens is 198 g/mol. The quantitative estimate of drug-likeness (QED) is 0.799. The Kier molecular flexibility index (Phi) is 3.62. The number of aryl methyl sites for hydroxylation is 1. The highest BCUT2D eigenvalue weighted by atomic mass is 16.3. The predicted molar refractivity (Wildman–Crippen MR) is 66.4 cm³/mol. The van der Waals surface area contributed by atoms with E-state index in [1.165, 1.54) is 5.56 Å². The molecule has 1 heterocycles. The van der Waals surface area contributed by atoms with Crippen LogP contribution in [0.25, 0.3) is 0 Å². The molecule has 1 aliphatic rings. The van der Waals surface area contributed by atoms with Gasteiger partial charge in [-0.3, -0.25) is 0 Å². The lowest BCUT2D eigenvalue weighted by molar-refractivity contribution is 0.0240. The van der Waals surface area contributed by atoms with E-state index in [0.29, 0.717) is 0 Å². The van der Waals surface area contributed by atoms with Crippen molar-refractivity contribution in [1.82, 2.24) is 5.32 Å². The van der Waals surface area contributed by atoms with Crippen molar-refractivity contribution in [3.05, 3.63) is 35.4 Å². The minimum Gasteiger partial charge on any atom is -0.385 e. The maximum atomic E-state index is 10.7. The molecule has 1 aromatic rings. The Labute approximate surface area is 97.7 Å². The number of benzene rings is 1. The standard InChI is InChI=1S/C14H21NO/c1-2-12-5-3-6-13(11-12)14(16)7-4-9-15-10-8-14/h3,5-6,11,15-16H,2,4,7-10H2,1H3. The maximum Gasteiger partial charge on any atom is 0.0909 e. The number of rotatable bonds is 2. The fraction of sp³-hybridized carbons (Fsp3) is 0.571. The Balaban J connectivity index is 2.25. The normalized spacial score (nSPS) is 26.4. The molecule has 2 N–H and O–H groups in total. The van der Waals surface area contributed by atoms with E-state index in [4.69, 9.17) is 0 Å². The summed E-state index contributed by atoms with van der Waals surface area (Å²) in [5, 5.41) is 14.0. The molecule has 1 fully saturated rings. The molecule has 0 bridgehead atoms. The van der Waals surface area contributed by atoms with Gasteiger partial charge in [0.25, 0.3) is 0 Å². The van der Waals surface area contributed by atoms with Crippen LogP contribution in [0.1, 0.15) is 37.3 Å². The third kappa shape index (κ3) is 2.45. The van der Waals surface area contributed by atoms with Crippen LogP contribution in [0.15, 0.2) is 24.3 Å². The van der Waals surface area contributed by atoms with Crippen molar-refractivity contribution in [2.75, 3.05) is 13.1 Å². The molecule has 0 aliphatic carbocycles. The molecule has 0 aromatic heterocycles.